The SMILES string of the molecule is CCNC(C)C1CCN(c2c(F)c(C3(N)CC3)c3c(=O)c(C(=O)O)c[nH]c3c2F)C1. The smallest absolute Gasteiger partial charge is 0.341 e. The molecule has 1 aliphatic carbocycles. The zero-order valence-electron chi connectivity index (χ0n) is 17.0. The van der Waals surface area contributed by atoms with Crippen LogP contribution in [-0.2, 0) is 5.54 Å². The highest BCUT2D eigenvalue weighted by atomic mass is 19.1. The topological polar surface area (TPSA) is 111 Å². The minimum absolute atomic E-state index is 0.0820. The number of nitrogens with two attached hydrogens (primary N) is 1. The van der Waals surface area contributed by atoms with Gasteiger partial charge in [0.05, 0.1) is 10.9 Å². The number of pyridine rings is 1. The number of hydrogen-bond acceptors (Lipinski definition) is 5. The molecular weight excluding hydrogens is 394 g/mol. The van der Waals surface area contributed by atoms with Crippen molar-refractivity contribution in [2.75, 3.05) is 24.5 Å². The molecule has 2 unspecified atom stereocenters. The van der Waals surface area contributed by atoms with E-state index < -0.39 is 34.1 Å². The fourth-order valence-corrected chi connectivity index (χ4v) is 4.56. The third kappa shape index (κ3) is 3.16. The molecule has 1 saturated carbocycles. The summed E-state index contributed by atoms with van der Waals surface area (Å²) in [6.45, 7) is 5.83. The first-order valence-corrected chi connectivity index (χ1v) is 10.3. The van der Waals surface area contributed by atoms with Crippen LogP contribution in [0, 0.1) is 17.6 Å². The number of aromatic amines is 1. The molecule has 2 atom stereocenters. The van der Waals surface area contributed by atoms with E-state index in [0.29, 0.717) is 25.9 Å². The Balaban J connectivity index is 1.90. The van der Waals surface area contributed by atoms with E-state index in [1.807, 2.05) is 6.92 Å². The highest BCUT2D eigenvalue weighted by molar-refractivity contribution is 5.95. The van der Waals surface area contributed by atoms with Gasteiger partial charge in [0, 0.05) is 36.4 Å². The number of carboxylic acid groups (broad SMARTS) is 1. The molecule has 1 aromatic carbocycles. The molecule has 2 aromatic rings. The summed E-state index contributed by atoms with van der Waals surface area (Å²) in [6.07, 6.45) is 2.63. The molecule has 1 saturated heterocycles. The maximum Gasteiger partial charge on any atom is 0.341 e. The Kier molecular flexibility index (Phi) is 5.06. The molecule has 1 aliphatic heterocycles. The largest absolute Gasteiger partial charge is 0.477 e. The molecule has 0 bridgehead atoms. The molecule has 2 aliphatic rings. The fraction of sp³-hybridized carbons (Fsp3) is 0.524. The first-order valence-electron chi connectivity index (χ1n) is 10.3. The predicted octanol–water partition coefficient (Wildman–Crippen LogP) is 2.28. The number of nitrogens with zero attached hydrogens (tertiary/aromatic N) is 1. The molecule has 7 nitrogen and oxygen atoms in total. The molecule has 0 amide bonds. The van der Waals surface area contributed by atoms with E-state index in [0.717, 1.165) is 19.2 Å². The fourth-order valence-electron chi connectivity index (χ4n) is 4.56. The minimum atomic E-state index is -1.46. The third-order valence-corrected chi connectivity index (χ3v) is 6.48. The number of H-pyrrole nitrogens is 1. The van der Waals surface area contributed by atoms with Crippen molar-refractivity contribution >= 4 is 22.6 Å². The van der Waals surface area contributed by atoms with E-state index in [1.165, 1.54) is 0 Å². The van der Waals surface area contributed by atoms with Crippen molar-refractivity contribution in [3.63, 3.8) is 0 Å². The zero-order valence-corrected chi connectivity index (χ0v) is 17.0. The summed E-state index contributed by atoms with van der Waals surface area (Å²) >= 11 is 0. The summed E-state index contributed by atoms with van der Waals surface area (Å²) in [4.78, 5) is 28.4. The van der Waals surface area contributed by atoms with E-state index in [1.54, 1.807) is 4.90 Å². The van der Waals surface area contributed by atoms with Crippen LogP contribution < -0.4 is 21.4 Å². The van der Waals surface area contributed by atoms with E-state index in [9.17, 15) is 14.7 Å². The van der Waals surface area contributed by atoms with Crippen LogP contribution in [0.4, 0.5) is 14.5 Å². The van der Waals surface area contributed by atoms with Gasteiger partial charge in [-0.15, -0.1) is 0 Å². The molecule has 30 heavy (non-hydrogen) atoms. The first-order chi connectivity index (χ1) is 14.2. The Labute approximate surface area is 172 Å². The molecule has 2 heterocycles. The zero-order chi connectivity index (χ0) is 21.8. The predicted molar refractivity (Wildman–Crippen MR) is 110 cm³/mol. The quantitative estimate of drug-likeness (QED) is 0.571. The van der Waals surface area contributed by atoms with Gasteiger partial charge in [0.15, 0.2) is 11.6 Å². The molecule has 0 spiro atoms. The molecule has 0 radical (unpaired) electrons. The Hall–Kier alpha value is -2.52. The Bertz CT molecular complexity index is 1080. The Morgan fingerprint density at radius 2 is 2.13 bits per heavy atom. The summed E-state index contributed by atoms with van der Waals surface area (Å²) in [6, 6.07) is 0.202. The van der Waals surface area contributed by atoms with E-state index in [-0.39, 0.29) is 34.1 Å². The van der Waals surface area contributed by atoms with E-state index in [4.69, 9.17) is 5.73 Å². The lowest BCUT2D eigenvalue weighted by atomic mass is 9.95. The number of carboxylic acids is 1. The number of fused-ring (bicyclic) bond motifs is 1. The van der Waals surface area contributed by atoms with Crippen LogP contribution in [0.25, 0.3) is 10.9 Å². The van der Waals surface area contributed by atoms with Crippen molar-refractivity contribution in [1.82, 2.24) is 10.3 Å². The maximum atomic E-state index is 15.8. The lowest BCUT2D eigenvalue weighted by Gasteiger charge is -2.26. The van der Waals surface area contributed by atoms with Crippen LogP contribution >= 0.6 is 0 Å². The van der Waals surface area contributed by atoms with Gasteiger partial charge in [-0.2, -0.15) is 0 Å². The van der Waals surface area contributed by atoms with Gasteiger partial charge in [-0.05, 0) is 38.6 Å². The van der Waals surface area contributed by atoms with Crippen molar-refractivity contribution in [3.05, 3.63) is 39.2 Å². The van der Waals surface area contributed by atoms with Gasteiger partial charge in [-0.25, -0.2) is 13.6 Å². The van der Waals surface area contributed by atoms with Crippen LogP contribution in [-0.4, -0.2) is 41.7 Å². The number of anilines is 1. The van der Waals surface area contributed by atoms with Crippen molar-refractivity contribution in [1.29, 1.82) is 0 Å². The number of aromatic carboxylic acids is 1. The number of halogens is 2. The van der Waals surface area contributed by atoms with Crippen LogP contribution in [0.2, 0.25) is 0 Å². The van der Waals surface area contributed by atoms with Crippen LogP contribution in [0.3, 0.4) is 0 Å². The highest BCUT2D eigenvalue weighted by Gasteiger charge is 2.46. The number of rotatable bonds is 6. The average molecular weight is 420 g/mol. The van der Waals surface area contributed by atoms with Gasteiger partial charge in [0.1, 0.15) is 11.3 Å². The number of benzene rings is 1. The normalized spacial score (nSPS) is 21.2. The molecule has 9 heteroatoms. The summed E-state index contributed by atoms with van der Waals surface area (Å²) in [5.41, 5.74) is 3.21. The second-order valence-corrected chi connectivity index (χ2v) is 8.44. The summed E-state index contributed by atoms with van der Waals surface area (Å²) < 4.78 is 31.3. The van der Waals surface area contributed by atoms with Crippen LogP contribution in [0.5, 0.6) is 0 Å². The lowest BCUT2D eigenvalue weighted by Crippen LogP contribution is -2.35. The monoisotopic (exact) mass is 420 g/mol. The van der Waals surface area contributed by atoms with E-state index in [2.05, 4.69) is 17.2 Å². The molecule has 162 valence electrons. The van der Waals surface area contributed by atoms with Crippen molar-refractivity contribution in [3.8, 4) is 0 Å². The van der Waals surface area contributed by atoms with Crippen molar-refractivity contribution in [2.45, 2.75) is 44.7 Å². The molecule has 1 aromatic heterocycles. The highest BCUT2D eigenvalue weighted by Crippen LogP contribution is 2.49. The second kappa shape index (κ2) is 7.31. The summed E-state index contributed by atoms with van der Waals surface area (Å²) in [7, 11) is 0. The van der Waals surface area contributed by atoms with E-state index >= 15 is 8.78 Å². The first kappa shape index (κ1) is 20.7. The Morgan fingerprint density at radius 3 is 2.73 bits per heavy atom. The van der Waals surface area contributed by atoms with Gasteiger partial charge >= 0.3 is 5.97 Å². The standard InChI is InChI=1S/C21H26F2N4O3/c1-3-25-10(2)11-4-7-27(9-11)18-15(22)14(21(24)5-6-21)13-17(16(18)23)26-8-12(19(13)28)20(29)30/h8,10-11,25H,3-7,9,24H2,1-2H3,(H,26,28)(H,29,30). The minimum Gasteiger partial charge on any atom is -0.477 e. The molecule has 5 N–H and O–H groups in total. The third-order valence-electron chi connectivity index (χ3n) is 6.48. The lowest BCUT2D eigenvalue weighted by molar-refractivity contribution is 0.0695. The molecular formula is C21H26F2N4O3. The summed E-state index contributed by atoms with van der Waals surface area (Å²) in [5.74, 6) is -2.98. The number of aromatic nitrogens is 1. The van der Waals surface area contributed by atoms with Gasteiger partial charge < -0.3 is 26.0 Å². The maximum absolute atomic E-state index is 15.8. The average Bonchev–Trinajstić information content (AvgIpc) is 3.24. The van der Waals surface area contributed by atoms with Gasteiger partial charge in [0.25, 0.3) is 0 Å². The Morgan fingerprint density at radius 1 is 1.43 bits per heavy atom. The van der Waals surface area contributed by atoms with Crippen molar-refractivity contribution in [2.24, 2.45) is 11.7 Å². The second-order valence-electron chi connectivity index (χ2n) is 8.44. The van der Waals surface area contributed by atoms with Crippen molar-refractivity contribution < 1.29 is 18.7 Å². The summed E-state index contributed by atoms with van der Waals surface area (Å²) in [5, 5.41) is 12.3. The van der Waals surface area contributed by atoms with Gasteiger partial charge in [-0.3, -0.25) is 4.79 Å². The van der Waals surface area contributed by atoms with Crippen LogP contribution in [0.15, 0.2) is 11.0 Å². The van der Waals surface area contributed by atoms with Gasteiger partial charge in [-0.1, -0.05) is 6.92 Å². The number of hydrogen-bond donors (Lipinski definition) is 4. The van der Waals surface area contributed by atoms with Crippen LogP contribution in [0.1, 0.15) is 49.0 Å². The number of nitrogens with one attached hydrogen (secondary N) is 2. The molecule has 2 fully saturated rings. The van der Waals surface area contributed by atoms with Gasteiger partial charge in [0.2, 0.25) is 5.43 Å². The number of carbonyl (C=O) groups is 1. The molecule has 4 rings (SSSR count).